The van der Waals surface area contributed by atoms with Gasteiger partial charge in [-0.2, -0.15) is 0 Å². The number of hydrogen-bond donors (Lipinski definition) is 3. The lowest BCUT2D eigenvalue weighted by Gasteiger charge is -2.30. The second-order valence-electron chi connectivity index (χ2n) is 4.64. The Morgan fingerprint density at radius 3 is 2.41 bits per heavy atom. The average molecular weight is 233 g/mol. The maximum Gasteiger partial charge on any atom is 0.248 e. The number of benzene rings is 1. The van der Waals surface area contributed by atoms with Crippen molar-refractivity contribution >= 4 is 11.6 Å². The molecule has 1 fully saturated rings. The Kier molecular flexibility index (Phi) is 3.64. The van der Waals surface area contributed by atoms with Crippen molar-refractivity contribution in [3.8, 4) is 0 Å². The van der Waals surface area contributed by atoms with E-state index in [1.165, 1.54) is 12.8 Å². The first-order valence-electron chi connectivity index (χ1n) is 6.09. The molecule has 0 spiro atoms. The molecule has 1 aliphatic carbocycles. The predicted molar refractivity (Wildman–Crippen MR) is 68.8 cm³/mol. The summed E-state index contributed by atoms with van der Waals surface area (Å²) in [6.07, 6.45) is 4.64. The van der Waals surface area contributed by atoms with Crippen molar-refractivity contribution in [1.29, 1.82) is 0 Å². The molecule has 1 aromatic rings. The molecule has 4 nitrogen and oxygen atoms in total. The van der Waals surface area contributed by atoms with Gasteiger partial charge in [0.15, 0.2) is 0 Å². The summed E-state index contributed by atoms with van der Waals surface area (Å²) in [4.78, 5) is 10.9. The standard InChI is InChI=1S/C13H19N3O/c14-11-3-1-2-4-12(11)16-10-7-5-9(6-8-10)13(15)17/h5-8,11-12,16H,1-4,14H2,(H2,15,17)/t11-,12-/m1/s1. The highest BCUT2D eigenvalue weighted by Crippen LogP contribution is 2.21. The van der Waals surface area contributed by atoms with Crippen molar-refractivity contribution in [2.45, 2.75) is 37.8 Å². The van der Waals surface area contributed by atoms with Gasteiger partial charge in [-0.05, 0) is 37.1 Å². The summed E-state index contributed by atoms with van der Waals surface area (Å²) in [5, 5.41) is 3.42. The van der Waals surface area contributed by atoms with Crippen LogP contribution in [0, 0.1) is 0 Å². The monoisotopic (exact) mass is 233 g/mol. The molecule has 0 radical (unpaired) electrons. The number of carbonyl (C=O) groups is 1. The molecule has 2 atom stereocenters. The van der Waals surface area contributed by atoms with Gasteiger partial charge in [-0.25, -0.2) is 0 Å². The van der Waals surface area contributed by atoms with E-state index in [9.17, 15) is 4.79 Å². The maximum absolute atomic E-state index is 10.9. The highest BCUT2D eigenvalue weighted by Gasteiger charge is 2.21. The van der Waals surface area contributed by atoms with Gasteiger partial charge in [0, 0.05) is 23.3 Å². The van der Waals surface area contributed by atoms with Gasteiger partial charge in [0.05, 0.1) is 0 Å². The number of primary amides is 1. The van der Waals surface area contributed by atoms with Crippen LogP contribution in [0.4, 0.5) is 5.69 Å². The van der Waals surface area contributed by atoms with Crippen LogP contribution >= 0.6 is 0 Å². The number of hydrogen-bond acceptors (Lipinski definition) is 3. The smallest absolute Gasteiger partial charge is 0.248 e. The van der Waals surface area contributed by atoms with E-state index in [2.05, 4.69) is 5.32 Å². The van der Waals surface area contributed by atoms with Crippen LogP contribution < -0.4 is 16.8 Å². The van der Waals surface area contributed by atoms with Gasteiger partial charge in [-0.3, -0.25) is 4.79 Å². The Bertz CT molecular complexity index is 388. The average Bonchev–Trinajstić information content (AvgIpc) is 2.33. The fourth-order valence-electron chi connectivity index (χ4n) is 2.28. The summed E-state index contributed by atoms with van der Waals surface area (Å²) >= 11 is 0. The molecule has 92 valence electrons. The van der Waals surface area contributed by atoms with Crippen LogP contribution in [0.3, 0.4) is 0 Å². The summed E-state index contributed by atoms with van der Waals surface area (Å²) in [5.41, 5.74) is 12.8. The first-order valence-corrected chi connectivity index (χ1v) is 6.09. The third-order valence-corrected chi connectivity index (χ3v) is 3.34. The molecule has 0 aromatic heterocycles. The molecule has 0 heterocycles. The van der Waals surface area contributed by atoms with E-state index in [0.717, 1.165) is 18.5 Å². The minimum Gasteiger partial charge on any atom is -0.381 e. The minimum absolute atomic E-state index is 0.222. The Hall–Kier alpha value is -1.55. The van der Waals surface area contributed by atoms with Gasteiger partial charge in [0.1, 0.15) is 0 Å². The van der Waals surface area contributed by atoms with Crippen molar-refractivity contribution in [2.24, 2.45) is 11.5 Å². The predicted octanol–water partition coefficient (Wildman–Crippen LogP) is 1.47. The summed E-state index contributed by atoms with van der Waals surface area (Å²) in [7, 11) is 0. The fraction of sp³-hybridized carbons (Fsp3) is 0.462. The molecule has 1 saturated carbocycles. The lowest BCUT2D eigenvalue weighted by molar-refractivity contribution is 0.100. The summed E-state index contributed by atoms with van der Waals surface area (Å²) in [6.45, 7) is 0. The number of carbonyl (C=O) groups excluding carboxylic acids is 1. The molecular weight excluding hydrogens is 214 g/mol. The Morgan fingerprint density at radius 1 is 1.18 bits per heavy atom. The first-order chi connectivity index (χ1) is 8.16. The maximum atomic E-state index is 10.9. The molecule has 1 amide bonds. The van der Waals surface area contributed by atoms with Crippen LogP contribution in [0.15, 0.2) is 24.3 Å². The number of nitrogens with two attached hydrogens (primary N) is 2. The number of amides is 1. The van der Waals surface area contributed by atoms with Crippen molar-refractivity contribution in [3.05, 3.63) is 29.8 Å². The van der Waals surface area contributed by atoms with Crippen LogP contribution in [-0.2, 0) is 0 Å². The SMILES string of the molecule is NC(=O)c1ccc(N[C@@H]2CCCC[C@H]2N)cc1. The molecule has 0 bridgehead atoms. The van der Waals surface area contributed by atoms with Crippen LogP contribution in [0.25, 0.3) is 0 Å². The minimum atomic E-state index is -0.397. The zero-order valence-corrected chi connectivity index (χ0v) is 9.86. The van der Waals surface area contributed by atoms with Gasteiger partial charge in [-0.1, -0.05) is 12.8 Å². The molecule has 0 saturated heterocycles. The van der Waals surface area contributed by atoms with Gasteiger partial charge in [0.25, 0.3) is 0 Å². The van der Waals surface area contributed by atoms with Crippen LogP contribution in [-0.4, -0.2) is 18.0 Å². The Morgan fingerprint density at radius 2 is 1.82 bits per heavy atom. The van der Waals surface area contributed by atoms with E-state index in [1.54, 1.807) is 12.1 Å². The van der Waals surface area contributed by atoms with Crippen LogP contribution in [0.2, 0.25) is 0 Å². The second-order valence-corrected chi connectivity index (χ2v) is 4.64. The van der Waals surface area contributed by atoms with E-state index in [0.29, 0.717) is 11.6 Å². The van der Waals surface area contributed by atoms with Crippen molar-refractivity contribution in [3.63, 3.8) is 0 Å². The molecular formula is C13H19N3O. The molecule has 17 heavy (non-hydrogen) atoms. The van der Waals surface area contributed by atoms with E-state index in [4.69, 9.17) is 11.5 Å². The molecule has 1 aliphatic rings. The van der Waals surface area contributed by atoms with Crippen molar-refractivity contribution < 1.29 is 4.79 Å². The van der Waals surface area contributed by atoms with E-state index < -0.39 is 5.91 Å². The van der Waals surface area contributed by atoms with Gasteiger partial charge in [0.2, 0.25) is 5.91 Å². The number of rotatable bonds is 3. The highest BCUT2D eigenvalue weighted by molar-refractivity contribution is 5.93. The molecule has 0 unspecified atom stereocenters. The summed E-state index contributed by atoms with van der Waals surface area (Å²) in [6, 6.07) is 7.78. The highest BCUT2D eigenvalue weighted by atomic mass is 16.1. The summed E-state index contributed by atoms with van der Waals surface area (Å²) in [5.74, 6) is -0.397. The zero-order chi connectivity index (χ0) is 12.3. The third-order valence-electron chi connectivity index (χ3n) is 3.34. The van der Waals surface area contributed by atoms with E-state index in [1.807, 2.05) is 12.1 Å². The lowest BCUT2D eigenvalue weighted by Crippen LogP contribution is -2.42. The largest absolute Gasteiger partial charge is 0.381 e. The first kappa shape index (κ1) is 11.9. The van der Waals surface area contributed by atoms with Crippen molar-refractivity contribution in [1.82, 2.24) is 0 Å². The second kappa shape index (κ2) is 5.19. The normalized spacial score (nSPS) is 24.3. The Labute approximate surface area is 101 Å². The zero-order valence-electron chi connectivity index (χ0n) is 9.86. The van der Waals surface area contributed by atoms with Crippen LogP contribution in [0.5, 0.6) is 0 Å². The lowest BCUT2D eigenvalue weighted by atomic mass is 9.91. The van der Waals surface area contributed by atoms with E-state index in [-0.39, 0.29) is 6.04 Å². The van der Waals surface area contributed by atoms with Crippen LogP contribution in [0.1, 0.15) is 36.0 Å². The number of nitrogens with one attached hydrogen (secondary N) is 1. The Balaban J connectivity index is 2.00. The molecule has 0 aliphatic heterocycles. The topological polar surface area (TPSA) is 81.1 Å². The van der Waals surface area contributed by atoms with Crippen molar-refractivity contribution in [2.75, 3.05) is 5.32 Å². The van der Waals surface area contributed by atoms with Gasteiger partial charge >= 0.3 is 0 Å². The molecule has 4 heteroatoms. The molecule has 5 N–H and O–H groups in total. The third kappa shape index (κ3) is 2.97. The quantitative estimate of drug-likeness (QED) is 0.739. The molecule has 2 rings (SSSR count). The fourth-order valence-corrected chi connectivity index (χ4v) is 2.28. The van der Waals surface area contributed by atoms with Gasteiger partial charge < -0.3 is 16.8 Å². The molecule has 1 aromatic carbocycles. The van der Waals surface area contributed by atoms with E-state index >= 15 is 0 Å². The van der Waals surface area contributed by atoms with Gasteiger partial charge in [-0.15, -0.1) is 0 Å². The summed E-state index contributed by atoms with van der Waals surface area (Å²) < 4.78 is 0. The number of anilines is 1.